The van der Waals surface area contributed by atoms with E-state index in [2.05, 4.69) is 4.99 Å². The molecule has 0 aromatic rings. The molecule has 0 saturated carbocycles. The smallest absolute Gasteiger partial charge is 0.257 e. The number of nitrogens with zero attached hydrogens (tertiary/aromatic N) is 1. The van der Waals surface area contributed by atoms with Gasteiger partial charge in [0.1, 0.15) is 5.71 Å². The van der Waals surface area contributed by atoms with Gasteiger partial charge in [-0.25, -0.2) is 0 Å². The summed E-state index contributed by atoms with van der Waals surface area (Å²) >= 11 is 0. The lowest BCUT2D eigenvalue weighted by atomic mass is 10.2. The Labute approximate surface area is 70.0 Å². The molecule has 0 aromatic heterocycles. The van der Waals surface area contributed by atoms with Crippen LogP contribution in [0.1, 0.15) is 26.7 Å². The Balaban J connectivity index is 0.000000561. The molecular formula is C8H12F3N. The molecule has 1 aliphatic rings. The van der Waals surface area contributed by atoms with Crippen molar-refractivity contribution in [3.05, 3.63) is 12.3 Å². The highest BCUT2D eigenvalue weighted by Crippen LogP contribution is 2.22. The third kappa shape index (κ3) is 3.55. The molecule has 0 fully saturated rings. The van der Waals surface area contributed by atoms with Crippen LogP contribution in [0.25, 0.3) is 0 Å². The highest BCUT2D eigenvalue weighted by Gasteiger charge is 2.34. The van der Waals surface area contributed by atoms with Gasteiger partial charge < -0.3 is 0 Å². The van der Waals surface area contributed by atoms with Crippen LogP contribution in [0.3, 0.4) is 0 Å². The Morgan fingerprint density at radius 1 is 1.33 bits per heavy atom. The molecule has 70 valence electrons. The van der Waals surface area contributed by atoms with Crippen molar-refractivity contribution in [2.75, 3.05) is 0 Å². The number of hydrogen-bond acceptors (Lipinski definition) is 1. The van der Waals surface area contributed by atoms with E-state index in [0.717, 1.165) is 0 Å². The zero-order chi connectivity index (χ0) is 9.61. The average molecular weight is 179 g/mol. The quantitative estimate of drug-likeness (QED) is 0.541. The maximum atomic E-state index is 11.8. The number of hydrogen-bond donors (Lipinski definition) is 0. The molecule has 0 radical (unpaired) electrons. The van der Waals surface area contributed by atoms with Gasteiger partial charge in [0.25, 0.3) is 0 Å². The van der Waals surface area contributed by atoms with Crippen LogP contribution in [0, 0.1) is 0 Å². The number of allylic oxidation sites excluding steroid dienone is 1. The molecule has 0 spiro atoms. The molecule has 1 rings (SSSR count). The van der Waals surface area contributed by atoms with Crippen LogP contribution in [0.2, 0.25) is 0 Å². The summed E-state index contributed by atoms with van der Waals surface area (Å²) in [5, 5.41) is 0. The number of aliphatic imine (C=N–C) groups is 1. The van der Waals surface area contributed by atoms with E-state index in [1.807, 2.05) is 13.8 Å². The van der Waals surface area contributed by atoms with Crippen molar-refractivity contribution in [2.45, 2.75) is 32.9 Å². The van der Waals surface area contributed by atoms with E-state index in [4.69, 9.17) is 0 Å². The van der Waals surface area contributed by atoms with Crippen molar-refractivity contribution in [1.82, 2.24) is 0 Å². The number of alkyl halides is 3. The van der Waals surface area contributed by atoms with Gasteiger partial charge in [0.05, 0.1) is 0 Å². The summed E-state index contributed by atoms with van der Waals surface area (Å²) in [6.07, 6.45) is -0.954. The molecule has 0 saturated heterocycles. The van der Waals surface area contributed by atoms with Crippen LogP contribution in [0.4, 0.5) is 13.2 Å². The molecule has 0 unspecified atom stereocenters. The predicted octanol–water partition coefficient (Wildman–Crippen LogP) is 3.32. The first kappa shape index (κ1) is 11.2. The SMILES string of the molecule is CC.FC(F)(F)C1=NC=CCC1. The third-order valence-electron chi connectivity index (χ3n) is 1.21. The Hall–Kier alpha value is -0.800. The molecule has 1 heterocycles. The van der Waals surface area contributed by atoms with E-state index >= 15 is 0 Å². The van der Waals surface area contributed by atoms with Gasteiger partial charge in [-0.15, -0.1) is 0 Å². The summed E-state index contributed by atoms with van der Waals surface area (Å²) in [4.78, 5) is 3.21. The van der Waals surface area contributed by atoms with Gasteiger partial charge in [-0.3, -0.25) is 4.99 Å². The van der Waals surface area contributed by atoms with Crippen molar-refractivity contribution in [2.24, 2.45) is 4.99 Å². The van der Waals surface area contributed by atoms with Crippen LogP contribution in [-0.2, 0) is 0 Å². The summed E-state index contributed by atoms with van der Waals surface area (Å²) in [6, 6.07) is 0. The second-order valence-electron chi connectivity index (χ2n) is 2.00. The number of halogens is 3. The monoisotopic (exact) mass is 179 g/mol. The van der Waals surface area contributed by atoms with Crippen LogP contribution in [-0.4, -0.2) is 11.9 Å². The molecule has 1 aliphatic heterocycles. The van der Waals surface area contributed by atoms with Crippen LogP contribution < -0.4 is 0 Å². The van der Waals surface area contributed by atoms with Crippen molar-refractivity contribution in [3.8, 4) is 0 Å². The molecular weight excluding hydrogens is 167 g/mol. The van der Waals surface area contributed by atoms with Crippen molar-refractivity contribution in [3.63, 3.8) is 0 Å². The average Bonchev–Trinajstić information content (AvgIpc) is 2.08. The van der Waals surface area contributed by atoms with Crippen molar-refractivity contribution in [1.29, 1.82) is 0 Å². The van der Waals surface area contributed by atoms with E-state index in [0.29, 0.717) is 6.42 Å². The molecule has 0 aromatic carbocycles. The first-order valence-corrected chi connectivity index (χ1v) is 3.89. The summed E-state index contributed by atoms with van der Waals surface area (Å²) in [6.45, 7) is 4.00. The summed E-state index contributed by atoms with van der Waals surface area (Å²) in [5.41, 5.74) is -0.671. The van der Waals surface area contributed by atoms with Gasteiger partial charge >= 0.3 is 6.18 Å². The second kappa shape index (κ2) is 4.95. The minimum Gasteiger partial charge on any atom is -0.257 e. The summed E-state index contributed by atoms with van der Waals surface area (Å²) < 4.78 is 35.3. The topological polar surface area (TPSA) is 12.4 Å². The molecule has 0 aliphatic carbocycles. The molecule has 1 nitrogen and oxygen atoms in total. The van der Waals surface area contributed by atoms with E-state index in [1.165, 1.54) is 6.20 Å². The largest absolute Gasteiger partial charge is 0.429 e. The highest BCUT2D eigenvalue weighted by molar-refractivity contribution is 5.90. The highest BCUT2D eigenvalue weighted by atomic mass is 19.4. The van der Waals surface area contributed by atoms with Crippen LogP contribution >= 0.6 is 0 Å². The second-order valence-corrected chi connectivity index (χ2v) is 2.00. The summed E-state index contributed by atoms with van der Waals surface area (Å²) in [7, 11) is 0. The van der Waals surface area contributed by atoms with E-state index < -0.39 is 11.9 Å². The standard InChI is InChI=1S/C6H6F3N.C2H6/c7-6(8,9)5-3-1-2-4-10-5;1-2/h2,4H,1,3H2;1-2H3. The van der Waals surface area contributed by atoms with Gasteiger partial charge in [-0.2, -0.15) is 13.2 Å². The normalized spacial score (nSPS) is 16.2. The van der Waals surface area contributed by atoms with E-state index in [-0.39, 0.29) is 6.42 Å². The number of rotatable bonds is 0. The molecule has 12 heavy (non-hydrogen) atoms. The van der Waals surface area contributed by atoms with Crippen LogP contribution in [0.15, 0.2) is 17.3 Å². The fourth-order valence-corrected chi connectivity index (χ4v) is 0.717. The molecule has 0 atom stereocenters. The Morgan fingerprint density at radius 3 is 2.17 bits per heavy atom. The minimum absolute atomic E-state index is 0.0139. The first-order valence-electron chi connectivity index (χ1n) is 3.89. The van der Waals surface area contributed by atoms with Gasteiger partial charge in [0.2, 0.25) is 0 Å². The zero-order valence-corrected chi connectivity index (χ0v) is 7.15. The van der Waals surface area contributed by atoms with Crippen molar-refractivity contribution < 1.29 is 13.2 Å². The van der Waals surface area contributed by atoms with Gasteiger partial charge in [-0.1, -0.05) is 19.9 Å². The lowest BCUT2D eigenvalue weighted by molar-refractivity contribution is -0.0605. The molecule has 0 bridgehead atoms. The fourth-order valence-electron chi connectivity index (χ4n) is 0.717. The van der Waals surface area contributed by atoms with E-state index in [9.17, 15) is 13.2 Å². The lowest BCUT2D eigenvalue weighted by Gasteiger charge is -2.10. The van der Waals surface area contributed by atoms with Crippen molar-refractivity contribution >= 4 is 5.71 Å². The Kier molecular flexibility index (Phi) is 4.62. The Bertz CT molecular complexity index is 179. The molecule has 0 amide bonds. The lowest BCUT2D eigenvalue weighted by Crippen LogP contribution is -2.23. The fraction of sp³-hybridized carbons (Fsp3) is 0.625. The van der Waals surface area contributed by atoms with Gasteiger partial charge in [-0.05, 0) is 12.8 Å². The predicted molar refractivity (Wildman–Crippen MR) is 43.2 cm³/mol. The summed E-state index contributed by atoms with van der Waals surface area (Å²) in [5.74, 6) is 0. The van der Waals surface area contributed by atoms with Crippen LogP contribution in [0.5, 0.6) is 0 Å². The van der Waals surface area contributed by atoms with Gasteiger partial charge in [0, 0.05) is 6.20 Å². The molecule has 0 N–H and O–H groups in total. The molecule has 4 heteroatoms. The maximum absolute atomic E-state index is 11.8. The minimum atomic E-state index is -4.23. The first-order chi connectivity index (χ1) is 5.61. The Morgan fingerprint density at radius 2 is 1.92 bits per heavy atom. The maximum Gasteiger partial charge on any atom is 0.429 e. The van der Waals surface area contributed by atoms with Gasteiger partial charge in [0.15, 0.2) is 0 Å². The zero-order valence-electron chi connectivity index (χ0n) is 7.15. The third-order valence-corrected chi connectivity index (χ3v) is 1.21. The van der Waals surface area contributed by atoms with E-state index in [1.54, 1.807) is 6.08 Å².